The van der Waals surface area contributed by atoms with E-state index in [4.69, 9.17) is 5.73 Å². The van der Waals surface area contributed by atoms with Crippen LogP contribution in [0.25, 0.3) is 0 Å². The number of aromatic nitrogens is 2. The first-order chi connectivity index (χ1) is 9.60. The van der Waals surface area contributed by atoms with Gasteiger partial charge in [-0.25, -0.2) is 18.1 Å². The first-order valence-corrected chi connectivity index (χ1v) is 8.87. The van der Waals surface area contributed by atoms with Crippen LogP contribution >= 0.6 is 0 Å². The zero-order valence-corrected chi connectivity index (χ0v) is 12.4. The zero-order valence-electron chi connectivity index (χ0n) is 11.6. The molecular weight excluding hydrogens is 276 g/mol. The van der Waals surface area contributed by atoms with Gasteiger partial charge < -0.3 is 10.3 Å². The molecule has 0 saturated heterocycles. The number of fused-ring (bicyclic) bond motifs is 1. The summed E-state index contributed by atoms with van der Waals surface area (Å²) in [6, 6.07) is -0.0382. The lowest BCUT2D eigenvalue weighted by atomic mass is 10.1. The van der Waals surface area contributed by atoms with E-state index < -0.39 is 10.0 Å². The largest absolute Gasteiger partial charge is 0.333 e. The molecule has 1 saturated carbocycles. The quantitative estimate of drug-likeness (QED) is 0.853. The number of aryl methyl sites for hydroxylation is 2. The molecule has 2 atom stereocenters. The second kappa shape index (κ2) is 5.46. The Morgan fingerprint density at radius 1 is 1.35 bits per heavy atom. The van der Waals surface area contributed by atoms with Crippen molar-refractivity contribution in [2.75, 3.05) is 6.54 Å². The van der Waals surface area contributed by atoms with Crippen LogP contribution in [0.15, 0.2) is 11.2 Å². The van der Waals surface area contributed by atoms with E-state index in [2.05, 4.69) is 9.71 Å². The highest BCUT2D eigenvalue weighted by atomic mass is 32.2. The minimum absolute atomic E-state index is 0.0382. The third-order valence-corrected chi connectivity index (χ3v) is 5.79. The number of nitrogens with two attached hydrogens (primary N) is 1. The number of imidazole rings is 1. The van der Waals surface area contributed by atoms with Crippen molar-refractivity contribution in [2.45, 2.75) is 56.1 Å². The molecule has 2 aliphatic rings. The standard InChI is InChI=1S/C13H22N4O2S/c14-8-10-4-3-5-11(10)16-20(18,19)13-9-17-7-2-1-6-12(17)15-13/h9-11,16H,1-8,14H2. The molecule has 2 heterocycles. The molecule has 1 aliphatic carbocycles. The molecule has 1 fully saturated rings. The molecule has 3 N–H and O–H groups in total. The molecule has 3 rings (SSSR count). The lowest BCUT2D eigenvalue weighted by Crippen LogP contribution is -2.39. The summed E-state index contributed by atoms with van der Waals surface area (Å²) in [6.07, 6.45) is 7.62. The molecule has 0 radical (unpaired) electrons. The van der Waals surface area contributed by atoms with Gasteiger partial charge in [0.2, 0.25) is 0 Å². The molecule has 1 aromatic rings. The predicted molar refractivity (Wildman–Crippen MR) is 75.7 cm³/mol. The SMILES string of the molecule is NCC1CCCC1NS(=O)(=O)c1cn2c(n1)CCCC2. The summed E-state index contributed by atoms with van der Waals surface area (Å²) >= 11 is 0. The Balaban J connectivity index is 1.79. The maximum absolute atomic E-state index is 12.4. The fourth-order valence-corrected chi connectivity index (χ4v) is 4.57. The van der Waals surface area contributed by atoms with E-state index in [-0.39, 0.29) is 17.0 Å². The van der Waals surface area contributed by atoms with Crippen LogP contribution < -0.4 is 10.5 Å². The summed E-state index contributed by atoms with van der Waals surface area (Å²) in [5, 5.41) is 0.164. The zero-order chi connectivity index (χ0) is 14.2. The van der Waals surface area contributed by atoms with E-state index in [9.17, 15) is 8.42 Å². The smallest absolute Gasteiger partial charge is 0.259 e. The van der Waals surface area contributed by atoms with Crippen LogP contribution in [0.3, 0.4) is 0 Å². The predicted octanol–water partition coefficient (Wildman–Crippen LogP) is 0.625. The van der Waals surface area contributed by atoms with E-state index in [1.807, 2.05) is 4.57 Å². The molecule has 0 amide bonds. The molecular formula is C13H22N4O2S. The molecule has 112 valence electrons. The van der Waals surface area contributed by atoms with Crippen LogP contribution in [0.2, 0.25) is 0 Å². The van der Waals surface area contributed by atoms with Gasteiger partial charge in [-0.05, 0) is 38.1 Å². The Bertz CT molecular complexity index is 558. The molecule has 0 aromatic carbocycles. The molecule has 6 nitrogen and oxygen atoms in total. The van der Waals surface area contributed by atoms with Gasteiger partial charge in [0.05, 0.1) is 0 Å². The fourth-order valence-electron chi connectivity index (χ4n) is 3.25. The summed E-state index contributed by atoms with van der Waals surface area (Å²) < 4.78 is 29.6. The van der Waals surface area contributed by atoms with Crippen molar-refractivity contribution in [1.82, 2.24) is 14.3 Å². The maximum Gasteiger partial charge on any atom is 0.259 e. The van der Waals surface area contributed by atoms with E-state index in [0.29, 0.717) is 6.54 Å². The summed E-state index contributed by atoms with van der Waals surface area (Å²) in [6.45, 7) is 1.40. The number of hydrogen-bond acceptors (Lipinski definition) is 4. The topological polar surface area (TPSA) is 90.0 Å². The second-order valence-corrected chi connectivity index (χ2v) is 7.46. The van der Waals surface area contributed by atoms with Crippen molar-refractivity contribution >= 4 is 10.0 Å². The lowest BCUT2D eigenvalue weighted by molar-refractivity contribution is 0.452. The number of rotatable bonds is 4. The molecule has 7 heteroatoms. The maximum atomic E-state index is 12.4. The number of nitrogens with one attached hydrogen (secondary N) is 1. The Kier molecular flexibility index (Phi) is 3.83. The van der Waals surface area contributed by atoms with Gasteiger partial charge in [0.15, 0.2) is 5.03 Å². The van der Waals surface area contributed by atoms with Crippen LogP contribution in [-0.2, 0) is 23.0 Å². The van der Waals surface area contributed by atoms with E-state index in [0.717, 1.165) is 50.9 Å². The van der Waals surface area contributed by atoms with Crippen molar-refractivity contribution in [3.63, 3.8) is 0 Å². The summed E-state index contributed by atoms with van der Waals surface area (Å²) in [5.74, 6) is 1.14. The van der Waals surface area contributed by atoms with E-state index in [1.165, 1.54) is 0 Å². The highest BCUT2D eigenvalue weighted by molar-refractivity contribution is 7.89. The second-order valence-electron chi connectivity index (χ2n) is 5.80. The van der Waals surface area contributed by atoms with E-state index >= 15 is 0 Å². The Labute approximate surface area is 119 Å². The lowest BCUT2D eigenvalue weighted by Gasteiger charge is -2.18. The van der Waals surface area contributed by atoms with Crippen LogP contribution in [-0.4, -0.2) is 30.6 Å². The minimum Gasteiger partial charge on any atom is -0.333 e. The van der Waals surface area contributed by atoms with Gasteiger partial charge in [0, 0.05) is 25.2 Å². The van der Waals surface area contributed by atoms with Crippen molar-refractivity contribution in [3.8, 4) is 0 Å². The van der Waals surface area contributed by atoms with Crippen LogP contribution in [0.1, 0.15) is 37.9 Å². The van der Waals surface area contributed by atoms with Gasteiger partial charge in [-0.2, -0.15) is 0 Å². The van der Waals surface area contributed by atoms with Crippen LogP contribution in [0, 0.1) is 5.92 Å². The fraction of sp³-hybridized carbons (Fsp3) is 0.769. The minimum atomic E-state index is -3.52. The first kappa shape index (κ1) is 14.0. The van der Waals surface area contributed by atoms with Gasteiger partial charge in [0.1, 0.15) is 5.82 Å². The highest BCUT2D eigenvalue weighted by Crippen LogP contribution is 2.26. The van der Waals surface area contributed by atoms with Gasteiger partial charge in [-0.1, -0.05) is 6.42 Å². The molecule has 1 aliphatic heterocycles. The monoisotopic (exact) mass is 298 g/mol. The normalized spacial score (nSPS) is 26.6. The number of nitrogens with zero attached hydrogens (tertiary/aromatic N) is 2. The molecule has 2 unspecified atom stereocenters. The summed E-state index contributed by atoms with van der Waals surface area (Å²) in [4.78, 5) is 4.30. The highest BCUT2D eigenvalue weighted by Gasteiger charge is 2.31. The molecule has 1 aromatic heterocycles. The Morgan fingerprint density at radius 2 is 2.20 bits per heavy atom. The third kappa shape index (κ3) is 2.62. The summed E-state index contributed by atoms with van der Waals surface area (Å²) in [5.41, 5.74) is 5.71. The van der Waals surface area contributed by atoms with Gasteiger partial charge in [0.25, 0.3) is 10.0 Å². The third-order valence-electron chi connectivity index (χ3n) is 4.43. The number of hydrogen-bond donors (Lipinski definition) is 2. The van der Waals surface area contributed by atoms with Crippen LogP contribution in [0.4, 0.5) is 0 Å². The van der Waals surface area contributed by atoms with Gasteiger partial charge >= 0.3 is 0 Å². The summed E-state index contributed by atoms with van der Waals surface area (Å²) in [7, 11) is -3.52. The van der Waals surface area contributed by atoms with Crippen molar-refractivity contribution < 1.29 is 8.42 Å². The van der Waals surface area contributed by atoms with Gasteiger partial charge in [-0.3, -0.25) is 0 Å². The van der Waals surface area contributed by atoms with Crippen LogP contribution in [0.5, 0.6) is 0 Å². The molecule has 0 spiro atoms. The molecule has 20 heavy (non-hydrogen) atoms. The van der Waals surface area contributed by atoms with Gasteiger partial charge in [-0.15, -0.1) is 0 Å². The first-order valence-electron chi connectivity index (χ1n) is 7.38. The average Bonchev–Trinajstić information content (AvgIpc) is 3.04. The van der Waals surface area contributed by atoms with Crippen molar-refractivity contribution in [1.29, 1.82) is 0 Å². The molecule has 0 bridgehead atoms. The van der Waals surface area contributed by atoms with E-state index in [1.54, 1.807) is 6.20 Å². The number of sulfonamides is 1. The Morgan fingerprint density at radius 3 is 2.95 bits per heavy atom. The van der Waals surface area contributed by atoms with Crippen molar-refractivity contribution in [3.05, 3.63) is 12.0 Å². The average molecular weight is 298 g/mol. The van der Waals surface area contributed by atoms with Crippen molar-refractivity contribution in [2.24, 2.45) is 11.7 Å². The Hall–Kier alpha value is -0.920.